The fourth-order valence-electron chi connectivity index (χ4n) is 3.36. The van der Waals surface area contributed by atoms with E-state index in [0.29, 0.717) is 13.2 Å². The van der Waals surface area contributed by atoms with Gasteiger partial charge in [0, 0.05) is 12.7 Å². The minimum absolute atomic E-state index is 0.141. The molecule has 1 aromatic rings. The van der Waals surface area contributed by atoms with Crippen LogP contribution in [0.2, 0.25) is 0 Å². The number of likely N-dealkylation sites (tertiary alicyclic amines) is 1. The van der Waals surface area contributed by atoms with Crippen molar-refractivity contribution in [3.8, 4) is 0 Å². The molecule has 3 rings (SSSR count). The summed E-state index contributed by atoms with van der Waals surface area (Å²) in [6.07, 6.45) is -0.100. The van der Waals surface area contributed by atoms with E-state index in [1.165, 1.54) is 4.90 Å². The Morgan fingerprint density at radius 2 is 2.12 bits per heavy atom. The number of methoxy groups -OCH3 is 1. The summed E-state index contributed by atoms with van der Waals surface area (Å²) < 4.78 is 22.2. The second-order valence-corrected chi connectivity index (χ2v) is 7.29. The van der Waals surface area contributed by atoms with E-state index in [1.54, 1.807) is 18.9 Å². The quantitative estimate of drug-likeness (QED) is 0.775. The molecule has 2 aliphatic heterocycles. The molecule has 144 valence electrons. The highest BCUT2D eigenvalue weighted by atomic mass is 32.2. The van der Waals surface area contributed by atoms with Gasteiger partial charge in [0.2, 0.25) is 0 Å². The van der Waals surface area contributed by atoms with Crippen molar-refractivity contribution in [1.82, 2.24) is 4.90 Å². The number of ether oxygens (including phenoxy) is 4. The molecule has 2 aliphatic rings. The van der Waals surface area contributed by atoms with Crippen LogP contribution in [0.3, 0.4) is 0 Å². The van der Waals surface area contributed by atoms with Crippen molar-refractivity contribution in [2.45, 2.75) is 29.8 Å². The number of piperidine rings is 1. The number of nitrogens with zero attached hydrogens (tertiary/aromatic N) is 1. The van der Waals surface area contributed by atoms with Crippen LogP contribution in [0.15, 0.2) is 30.3 Å². The van der Waals surface area contributed by atoms with Crippen molar-refractivity contribution < 1.29 is 28.8 Å². The Labute approximate surface area is 157 Å². The van der Waals surface area contributed by atoms with E-state index in [0.717, 1.165) is 5.56 Å². The summed E-state index contributed by atoms with van der Waals surface area (Å²) >= 11 is 1.54. The third-order valence-electron chi connectivity index (χ3n) is 4.66. The Bertz CT molecular complexity index is 588. The zero-order valence-corrected chi connectivity index (χ0v) is 15.8. The lowest BCUT2D eigenvalue weighted by atomic mass is 9.95. The topological polar surface area (TPSA) is 77.5 Å². The van der Waals surface area contributed by atoms with Crippen molar-refractivity contribution in [3.63, 3.8) is 0 Å². The molecule has 0 bridgehead atoms. The van der Waals surface area contributed by atoms with Crippen LogP contribution in [0, 0.1) is 0 Å². The minimum atomic E-state index is -0.698. The first kappa shape index (κ1) is 19.4. The molecule has 1 aromatic carbocycles. The average Bonchev–Trinajstić information content (AvgIpc) is 2.67. The van der Waals surface area contributed by atoms with Gasteiger partial charge < -0.3 is 24.1 Å². The van der Waals surface area contributed by atoms with Crippen LogP contribution >= 0.6 is 11.8 Å². The Morgan fingerprint density at radius 3 is 2.81 bits per heavy atom. The lowest BCUT2D eigenvalue weighted by Crippen LogP contribution is -2.65. The van der Waals surface area contributed by atoms with Gasteiger partial charge in [0.25, 0.3) is 0 Å². The highest BCUT2D eigenvalue weighted by Gasteiger charge is 2.49. The Hall–Kier alpha value is -1.32. The van der Waals surface area contributed by atoms with E-state index in [9.17, 15) is 9.90 Å². The molecule has 0 spiro atoms. The van der Waals surface area contributed by atoms with E-state index in [4.69, 9.17) is 18.9 Å². The van der Waals surface area contributed by atoms with E-state index < -0.39 is 18.5 Å². The average molecular weight is 383 g/mol. The number of hydrogen-bond acceptors (Lipinski definition) is 7. The first-order valence-electron chi connectivity index (χ1n) is 8.61. The van der Waals surface area contributed by atoms with Gasteiger partial charge in [-0.05, 0) is 6.26 Å². The lowest BCUT2D eigenvalue weighted by Gasteiger charge is -2.49. The number of aliphatic hydroxyl groups excluding tert-OH is 1. The monoisotopic (exact) mass is 383 g/mol. The highest BCUT2D eigenvalue weighted by molar-refractivity contribution is 7.99. The zero-order chi connectivity index (χ0) is 18.5. The highest BCUT2D eigenvalue weighted by Crippen LogP contribution is 2.37. The maximum atomic E-state index is 12.4. The summed E-state index contributed by atoms with van der Waals surface area (Å²) in [6, 6.07) is 9.36. The number of carbonyl (C=O) groups is 1. The number of rotatable bonds is 5. The van der Waals surface area contributed by atoms with Crippen molar-refractivity contribution in [2.75, 3.05) is 39.7 Å². The summed E-state index contributed by atoms with van der Waals surface area (Å²) in [7, 11) is 1.55. The fraction of sp³-hybridized carbons (Fsp3) is 0.611. The minimum Gasteiger partial charge on any atom is -0.447 e. The fourth-order valence-corrected chi connectivity index (χ4v) is 4.27. The van der Waals surface area contributed by atoms with Crippen molar-refractivity contribution in [3.05, 3.63) is 35.9 Å². The van der Waals surface area contributed by atoms with Gasteiger partial charge >= 0.3 is 6.09 Å². The molecule has 2 fully saturated rings. The molecule has 0 unspecified atom stereocenters. The molecule has 2 saturated heterocycles. The Morgan fingerprint density at radius 1 is 1.35 bits per heavy atom. The van der Waals surface area contributed by atoms with Crippen LogP contribution in [0.1, 0.15) is 11.9 Å². The predicted molar refractivity (Wildman–Crippen MR) is 97.0 cm³/mol. The second kappa shape index (κ2) is 9.05. The number of aliphatic hydroxyl groups is 1. The zero-order valence-electron chi connectivity index (χ0n) is 14.9. The summed E-state index contributed by atoms with van der Waals surface area (Å²) in [4.78, 5) is 14.0. The van der Waals surface area contributed by atoms with E-state index in [1.807, 2.05) is 36.6 Å². The first-order chi connectivity index (χ1) is 12.7. The number of fused-ring (bicyclic) bond motifs is 1. The standard InChI is InChI=1S/C18H25NO6S/c1-22-8-9-23-18(21)19-10-14(20)16(26-2)15-13(19)11-24-17(25-15)12-6-4-3-5-7-12/h3-7,13-17,20H,8-11H2,1-2H3/t13-,14-,15-,16+,17-/m1/s1. The van der Waals surface area contributed by atoms with Gasteiger partial charge in [-0.25, -0.2) is 4.79 Å². The predicted octanol–water partition coefficient (Wildman–Crippen LogP) is 1.66. The molecule has 0 saturated carbocycles. The molecule has 0 aliphatic carbocycles. The van der Waals surface area contributed by atoms with Gasteiger partial charge in [-0.3, -0.25) is 4.90 Å². The molecular weight excluding hydrogens is 358 g/mol. The summed E-state index contributed by atoms with van der Waals surface area (Å²) in [6.45, 7) is 1.01. The first-order valence-corrected chi connectivity index (χ1v) is 9.89. The van der Waals surface area contributed by atoms with Crippen LogP contribution in [0.4, 0.5) is 4.79 Å². The van der Waals surface area contributed by atoms with Gasteiger partial charge in [-0.1, -0.05) is 30.3 Å². The van der Waals surface area contributed by atoms with Crippen LogP contribution in [-0.2, 0) is 18.9 Å². The van der Waals surface area contributed by atoms with Crippen LogP contribution in [0.25, 0.3) is 0 Å². The van der Waals surface area contributed by atoms with Crippen molar-refractivity contribution in [2.24, 2.45) is 0 Å². The molecule has 1 N–H and O–H groups in total. The van der Waals surface area contributed by atoms with E-state index in [-0.39, 0.29) is 30.5 Å². The number of amides is 1. The van der Waals surface area contributed by atoms with Gasteiger partial charge in [0.05, 0.1) is 43.3 Å². The third kappa shape index (κ3) is 4.15. The molecule has 0 radical (unpaired) electrons. The van der Waals surface area contributed by atoms with Gasteiger partial charge in [0.1, 0.15) is 6.61 Å². The molecule has 26 heavy (non-hydrogen) atoms. The molecule has 0 aromatic heterocycles. The molecular formula is C18H25NO6S. The molecule has 7 nitrogen and oxygen atoms in total. The smallest absolute Gasteiger partial charge is 0.410 e. The number of thioether (sulfide) groups is 1. The molecule has 2 heterocycles. The number of β-amino-alcohol motifs (C(OH)–C–C–N with tert-alkyl or cyclic N) is 1. The number of hydrogen-bond donors (Lipinski definition) is 1. The summed E-state index contributed by atoms with van der Waals surface area (Å²) in [5.74, 6) is 0. The second-order valence-electron chi connectivity index (χ2n) is 6.27. The van der Waals surface area contributed by atoms with Gasteiger partial charge in [-0.2, -0.15) is 11.8 Å². The summed E-state index contributed by atoms with van der Waals surface area (Å²) in [5.41, 5.74) is 0.917. The SMILES string of the molecule is COCCOC(=O)N1C[C@@H](O)[C@H](SC)[C@@H]2O[C@H](c3ccccc3)OC[C@H]21. The van der Waals surface area contributed by atoms with Gasteiger partial charge in [-0.15, -0.1) is 0 Å². The third-order valence-corrected chi connectivity index (χ3v) is 5.78. The summed E-state index contributed by atoms with van der Waals surface area (Å²) in [5, 5.41) is 10.4. The van der Waals surface area contributed by atoms with Crippen LogP contribution in [-0.4, -0.2) is 79.3 Å². The molecule has 1 amide bonds. The van der Waals surface area contributed by atoms with Crippen molar-refractivity contribution in [1.29, 1.82) is 0 Å². The largest absolute Gasteiger partial charge is 0.447 e. The Kier molecular flexibility index (Phi) is 6.77. The van der Waals surface area contributed by atoms with Crippen LogP contribution in [0.5, 0.6) is 0 Å². The van der Waals surface area contributed by atoms with Crippen molar-refractivity contribution >= 4 is 17.9 Å². The van der Waals surface area contributed by atoms with Crippen LogP contribution < -0.4 is 0 Å². The van der Waals surface area contributed by atoms with E-state index in [2.05, 4.69) is 0 Å². The molecule has 8 heteroatoms. The van der Waals surface area contributed by atoms with E-state index >= 15 is 0 Å². The van der Waals surface area contributed by atoms with Gasteiger partial charge in [0.15, 0.2) is 6.29 Å². The number of benzene rings is 1. The Balaban J connectivity index is 1.74. The molecule has 5 atom stereocenters. The maximum absolute atomic E-state index is 12.4. The maximum Gasteiger partial charge on any atom is 0.410 e. The normalized spacial score (nSPS) is 31.3. The number of carbonyl (C=O) groups excluding carboxylic acids is 1. The lowest BCUT2D eigenvalue weighted by molar-refractivity contribution is -0.255.